The van der Waals surface area contributed by atoms with Gasteiger partial charge in [-0.3, -0.25) is 4.79 Å². The minimum absolute atomic E-state index is 0.130. The maximum absolute atomic E-state index is 12.6. The van der Waals surface area contributed by atoms with E-state index in [2.05, 4.69) is 10.3 Å². The summed E-state index contributed by atoms with van der Waals surface area (Å²) < 4.78 is 5.72. The predicted octanol–water partition coefficient (Wildman–Crippen LogP) is 2.90. The molecule has 3 N–H and O–H groups in total. The van der Waals surface area contributed by atoms with E-state index < -0.39 is 0 Å². The molecular weight excluding hydrogens is 290 g/mol. The van der Waals surface area contributed by atoms with Gasteiger partial charge in [0, 0.05) is 11.6 Å². The van der Waals surface area contributed by atoms with Gasteiger partial charge in [0.15, 0.2) is 0 Å². The van der Waals surface area contributed by atoms with Gasteiger partial charge in [-0.15, -0.1) is 0 Å². The van der Waals surface area contributed by atoms with Gasteiger partial charge in [-0.2, -0.15) is 0 Å². The van der Waals surface area contributed by atoms with E-state index in [0.717, 1.165) is 24.8 Å². The molecule has 3 rings (SSSR count). The number of aryl methyl sites for hydroxylation is 1. The Balaban J connectivity index is 1.76. The summed E-state index contributed by atoms with van der Waals surface area (Å²) in [5.74, 6) is 0.935. The first-order valence-corrected chi connectivity index (χ1v) is 8.23. The molecule has 1 aromatic heterocycles. The van der Waals surface area contributed by atoms with Crippen LogP contribution in [0.4, 0.5) is 0 Å². The Hall–Kier alpha value is -2.14. The molecule has 5 nitrogen and oxygen atoms in total. The molecule has 0 bridgehead atoms. The lowest BCUT2D eigenvalue weighted by molar-refractivity contribution is 0.0880. The van der Waals surface area contributed by atoms with E-state index in [9.17, 15) is 4.79 Å². The minimum atomic E-state index is -0.192. The molecular formula is C18H23N3O2. The molecule has 0 spiro atoms. The van der Waals surface area contributed by atoms with Gasteiger partial charge < -0.3 is 15.5 Å². The monoisotopic (exact) mass is 313 g/mol. The van der Waals surface area contributed by atoms with Gasteiger partial charge in [0.2, 0.25) is 11.7 Å². The lowest BCUT2D eigenvalue weighted by atomic mass is 9.84. The highest BCUT2D eigenvalue weighted by atomic mass is 16.4. The van der Waals surface area contributed by atoms with E-state index in [0.29, 0.717) is 29.8 Å². The van der Waals surface area contributed by atoms with Gasteiger partial charge in [0.1, 0.15) is 0 Å². The molecule has 1 fully saturated rings. The Morgan fingerprint density at radius 2 is 2.04 bits per heavy atom. The summed E-state index contributed by atoms with van der Waals surface area (Å²) in [5, 5.41) is 3.09. The Labute approximate surface area is 136 Å². The lowest BCUT2D eigenvalue weighted by Crippen LogP contribution is -2.44. The fourth-order valence-electron chi connectivity index (χ4n) is 3.23. The van der Waals surface area contributed by atoms with Gasteiger partial charge in [0.25, 0.3) is 5.91 Å². The first kappa shape index (κ1) is 15.7. The van der Waals surface area contributed by atoms with Crippen molar-refractivity contribution in [3.05, 3.63) is 41.8 Å². The van der Waals surface area contributed by atoms with Crippen molar-refractivity contribution < 1.29 is 9.21 Å². The SMILES string of the molecule is Cc1nc(-c2ccccc2)oc1C(=O)NC1CCCCC1CN. The number of benzene rings is 1. The van der Waals surface area contributed by atoms with Gasteiger partial charge >= 0.3 is 0 Å². The highest BCUT2D eigenvalue weighted by Gasteiger charge is 2.27. The van der Waals surface area contributed by atoms with Gasteiger partial charge in [-0.1, -0.05) is 31.0 Å². The third-order valence-electron chi connectivity index (χ3n) is 4.55. The van der Waals surface area contributed by atoms with Crippen LogP contribution < -0.4 is 11.1 Å². The Kier molecular flexibility index (Phi) is 4.76. The summed E-state index contributed by atoms with van der Waals surface area (Å²) in [7, 11) is 0. The van der Waals surface area contributed by atoms with Crippen LogP contribution in [0.3, 0.4) is 0 Å². The number of carbonyl (C=O) groups excluding carboxylic acids is 1. The number of rotatable bonds is 4. The van der Waals surface area contributed by atoms with Crippen molar-refractivity contribution in [2.45, 2.75) is 38.6 Å². The summed E-state index contributed by atoms with van der Waals surface area (Å²) in [4.78, 5) is 16.9. The van der Waals surface area contributed by atoms with Crippen LogP contribution in [-0.2, 0) is 0 Å². The fourth-order valence-corrected chi connectivity index (χ4v) is 3.23. The molecule has 0 aliphatic heterocycles. The summed E-state index contributed by atoms with van der Waals surface area (Å²) in [6.45, 7) is 2.40. The van der Waals surface area contributed by atoms with Crippen LogP contribution >= 0.6 is 0 Å². The largest absolute Gasteiger partial charge is 0.431 e. The first-order chi connectivity index (χ1) is 11.2. The van der Waals surface area contributed by atoms with E-state index in [-0.39, 0.29) is 11.9 Å². The van der Waals surface area contributed by atoms with E-state index in [1.807, 2.05) is 30.3 Å². The van der Waals surface area contributed by atoms with Crippen LogP contribution in [0.1, 0.15) is 41.9 Å². The molecule has 1 amide bonds. The number of amides is 1. The quantitative estimate of drug-likeness (QED) is 0.909. The third-order valence-corrected chi connectivity index (χ3v) is 4.55. The third kappa shape index (κ3) is 3.45. The second-order valence-corrected chi connectivity index (χ2v) is 6.16. The lowest BCUT2D eigenvalue weighted by Gasteiger charge is -2.31. The molecule has 23 heavy (non-hydrogen) atoms. The first-order valence-electron chi connectivity index (χ1n) is 8.23. The van der Waals surface area contributed by atoms with Crippen molar-refractivity contribution in [1.82, 2.24) is 10.3 Å². The molecule has 0 radical (unpaired) electrons. The molecule has 1 aromatic carbocycles. The molecule has 2 atom stereocenters. The van der Waals surface area contributed by atoms with Crippen molar-refractivity contribution in [3.8, 4) is 11.5 Å². The minimum Gasteiger partial charge on any atom is -0.431 e. The van der Waals surface area contributed by atoms with Crippen molar-refractivity contribution in [2.75, 3.05) is 6.54 Å². The molecule has 0 saturated heterocycles. The number of hydrogen-bond donors (Lipinski definition) is 2. The van der Waals surface area contributed by atoms with Gasteiger partial charge in [-0.25, -0.2) is 4.98 Å². The molecule has 1 saturated carbocycles. The van der Waals surface area contributed by atoms with Crippen LogP contribution in [0.15, 0.2) is 34.7 Å². The van der Waals surface area contributed by atoms with E-state index in [1.54, 1.807) is 6.92 Å². The van der Waals surface area contributed by atoms with Crippen LogP contribution in [0, 0.1) is 12.8 Å². The van der Waals surface area contributed by atoms with Crippen LogP contribution in [0.25, 0.3) is 11.5 Å². The normalized spacial score (nSPS) is 21.1. The van der Waals surface area contributed by atoms with Gasteiger partial charge in [-0.05, 0) is 44.4 Å². The van der Waals surface area contributed by atoms with E-state index >= 15 is 0 Å². The smallest absolute Gasteiger partial charge is 0.289 e. The van der Waals surface area contributed by atoms with Gasteiger partial charge in [0.05, 0.1) is 5.69 Å². The summed E-state index contributed by atoms with van der Waals surface area (Å²) >= 11 is 0. The topological polar surface area (TPSA) is 81.2 Å². The highest BCUT2D eigenvalue weighted by Crippen LogP contribution is 2.25. The molecule has 1 heterocycles. The highest BCUT2D eigenvalue weighted by molar-refractivity contribution is 5.93. The van der Waals surface area contributed by atoms with Crippen molar-refractivity contribution in [3.63, 3.8) is 0 Å². The zero-order valence-electron chi connectivity index (χ0n) is 13.4. The Morgan fingerprint density at radius 3 is 2.78 bits per heavy atom. The van der Waals surface area contributed by atoms with Crippen LogP contribution in [0.2, 0.25) is 0 Å². The van der Waals surface area contributed by atoms with E-state index in [1.165, 1.54) is 6.42 Å². The molecule has 2 aromatic rings. The standard InChI is InChI=1S/C18H23N3O2/c1-12-16(23-18(20-12)13-7-3-2-4-8-13)17(22)21-15-10-6-5-9-14(15)11-19/h2-4,7-8,14-15H,5-6,9-11,19H2,1H3,(H,21,22). The second-order valence-electron chi connectivity index (χ2n) is 6.16. The number of hydrogen-bond acceptors (Lipinski definition) is 4. The van der Waals surface area contributed by atoms with Crippen molar-refractivity contribution >= 4 is 5.91 Å². The summed E-state index contributed by atoms with van der Waals surface area (Å²) in [5.41, 5.74) is 7.31. The second kappa shape index (κ2) is 6.96. The number of nitrogens with one attached hydrogen (secondary N) is 1. The number of aromatic nitrogens is 1. The predicted molar refractivity (Wildman–Crippen MR) is 88.9 cm³/mol. The summed E-state index contributed by atoms with van der Waals surface area (Å²) in [6.07, 6.45) is 4.37. The molecule has 2 unspecified atom stereocenters. The van der Waals surface area contributed by atoms with Crippen molar-refractivity contribution in [2.24, 2.45) is 11.7 Å². The zero-order chi connectivity index (χ0) is 16.2. The number of carbonyl (C=O) groups is 1. The average molecular weight is 313 g/mol. The fraction of sp³-hybridized carbons (Fsp3) is 0.444. The average Bonchev–Trinajstić information content (AvgIpc) is 2.98. The number of nitrogens with two attached hydrogens (primary N) is 1. The van der Waals surface area contributed by atoms with Crippen LogP contribution in [-0.4, -0.2) is 23.5 Å². The maximum atomic E-state index is 12.6. The number of nitrogens with zero attached hydrogens (tertiary/aromatic N) is 1. The Morgan fingerprint density at radius 1 is 1.30 bits per heavy atom. The molecule has 1 aliphatic rings. The van der Waals surface area contributed by atoms with Crippen molar-refractivity contribution in [1.29, 1.82) is 0 Å². The summed E-state index contributed by atoms with van der Waals surface area (Å²) in [6, 6.07) is 9.73. The molecule has 122 valence electrons. The molecule has 5 heteroatoms. The van der Waals surface area contributed by atoms with E-state index in [4.69, 9.17) is 10.2 Å². The van der Waals surface area contributed by atoms with Crippen LogP contribution in [0.5, 0.6) is 0 Å². The number of oxazole rings is 1. The molecule has 1 aliphatic carbocycles. The zero-order valence-corrected chi connectivity index (χ0v) is 13.4. The Bertz CT molecular complexity index is 666. The maximum Gasteiger partial charge on any atom is 0.289 e.